The van der Waals surface area contributed by atoms with E-state index in [1.807, 2.05) is 46.2 Å². The summed E-state index contributed by atoms with van der Waals surface area (Å²) in [5.74, 6) is 0.340. The van der Waals surface area contributed by atoms with Crippen LogP contribution in [0.1, 0.15) is 47.5 Å². The van der Waals surface area contributed by atoms with Crippen LogP contribution >= 0.6 is 0 Å². The molecule has 1 aliphatic rings. The minimum Gasteiger partial charge on any atom is -0.353 e. The molecule has 1 aliphatic heterocycles. The van der Waals surface area contributed by atoms with E-state index in [9.17, 15) is 13.2 Å². The molecule has 0 spiro atoms. The van der Waals surface area contributed by atoms with Gasteiger partial charge in [0.2, 0.25) is 0 Å². The first-order valence-electron chi connectivity index (χ1n) is 11.5. The molecule has 0 radical (unpaired) electrons. The summed E-state index contributed by atoms with van der Waals surface area (Å²) in [7, 11) is 0. The van der Waals surface area contributed by atoms with E-state index >= 15 is 0 Å². The predicted molar refractivity (Wildman–Crippen MR) is 134 cm³/mol. The van der Waals surface area contributed by atoms with Crippen molar-refractivity contribution in [3.8, 4) is 0 Å². The maximum Gasteiger partial charge on any atom is 0.154 e. The van der Waals surface area contributed by atoms with Crippen molar-refractivity contribution in [2.45, 2.75) is 61.7 Å². The maximum atomic E-state index is 12.6. The van der Waals surface area contributed by atoms with Gasteiger partial charge in [-0.25, -0.2) is 23.1 Å². The van der Waals surface area contributed by atoms with E-state index in [1.165, 1.54) is 25.1 Å². The lowest BCUT2D eigenvalue weighted by Crippen LogP contribution is -2.27. The molecule has 0 saturated carbocycles. The van der Waals surface area contributed by atoms with Crippen LogP contribution in [0, 0.1) is 64.9 Å². The normalized spacial score (nSPS) is 16.5. The molecular formula is C28H37F3N2O2. The van der Waals surface area contributed by atoms with E-state index in [1.54, 1.807) is 19.9 Å². The van der Waals surface area contributed by atoms with Gasteiger partial charge in [0.1, 0.15) is 23.3 Å². The van der Waals surface area contributed by atoms with Crippen molar-refractivity contribution >= 4 is 0 Å². The highest BCUT2D eigenvalue weighted by Crippen LogP contribution is 2.13. The summed E-state index contributed by atoms with van der Waals surface area (Å²) in [4.78, 5) is 7.94. The first-order valence-corrected chi connectivity index (χ1v) is 11.5. The van der Waals surface area contributed by atoms with Crippen molar-refractivity contribution in [1.29, 1.82) is 0 Å². The molecule has 0 aliphatic carbocycles. The van der Waals surface area contributed by atoms with Crippen LogP contribution < -0.4 is 0 Å². The van der Waals surface area contributed by atoms with Crippen LogP contribution in [0.2, 0.25) is 0 Å². The van der Waals surface area contributed by atoms with Crippen molar-refractivity contribution in [3.63, 3.8) is 0 Å². The van der Waals surface area contributed by atoms with Gasteiger partial charge in [0.25, 0.3) is 0 Å². The summed E-state index contributed by atoms with van der Waals surface area (Å²) >= 11 is 0. The van der Waals surface area contributed by atoms with E-state index in [4.69, 9.17) is 9.47 Å². The van der Waals surface area contributed by atoms with Gasteiger partial charge in [-0.2, -0.15) is 0 Å². The van der Waals surface area contributed by atoms with Crippen molar-refractivity contribution < 1.29 is 22.6 Å². The lowest BCUT2D eigenvalue weighted by molar-refractivity contribution is -0.187. The Hall–Kier alpha value is -2.77. The summed E-state index contributed by atoms with van der Waals surface area (Å²) < 4.78 is 48.1. The second kappa shape index (κ2) is 15.3. The summed E-state index contributed by atoms with van der Waals surface area (Å²) in [5.41, 5.74) is 3.49. The molecule has 0 amide bonds. The maximum absolute atomic E-state index is 12.6. The molecule has 3 aromatic rings. The number of halogens is 3. The van der Waals surface area contributed by atoms with Gasteiger partial charge in [-0.05, 0) is 88.9 Å². The molecule has 1 aromatic heterocycles. The molecule has 1 fully saturated rings. The van der Waals surface area contributed by atoms with Crippen LogP contribution in [0.3, 0.4) is 0 Å². The minimum absolute atomic E-state index is 0.0196. The topological polar surface area (TPSA) is 44.2 Å². The molecular weight excluding hydrogens is 453 g/mol. The highest BCUT2D eigenvalue weighted by molar-refractivity contribution is 5.24. The summed E-state index contributed by atoms with van der Waals surface area (Å²) in [6.07, 6.45) is 3.64. The summed E-state index contributed by atoms with van der Waals surface area (Å²) in [6.45, 7) is 16.3. The smallest absolute Gasteiger partial charge is 0.154 e. The largest absolute Gasteiger partial charge is 0.353 e. The quantitative estimate of drug-likeness (QED) is 0.336. The Morgan fingerprint density at radius 1 is 0.686 bits per heavy atom. The van der Waals surface area contributed by atoms with Crippen LogP contribution in [0.25, 0.3) is 0 Å². The molecule has 2 aromatic carbocycles. The standard InChI is InChI=1S/C8H8F2.C8H9F.C6H8N2.C6H12O2/c1-5-3-7(9)6(2)8(10)4-5;1-6-3-4-7(2)8(9)5-6;2*1-5-3-7-6(2)8-4-5/h3-4H,1-2H3;3-5H,1-2H3;3-4H,1-2H3;5-6H,3-4H2,1-2H3. The lowest BCUT2D eigenvalue weighted by Gasteiger charge is -2.24. The third-order valence-corrected chi connectivity index (χ3v) is 4.89. The number of nitrogens with zero attached hydrogens (tertiary/aromatic N) is 2. The van der Waals surface area contributed by atoms with Gasteiger partial charge in [0, 0.05) is 23.9 Å². The Labute approximate surface area is 207 Å². The number of aromatic nitrogens is 2. The van der Waals surface area contributed by atoms with Crippen molar-refractivity contribution in [2.75, 3.05) is 13.2 Å². The molecule has 0 N–H and O–H groups in total. The fourth-order valence-electron chi connectivity index (χ4n) is 2.62. The molecule has 0 bridgehead atoms. The fourth-order valence-corrected chi connectivity index (χ4v) is 2.62. The van der Waals surface area contributed by atoms with Gasteiger partial charge in [0.15, 0.2) is 6.29 Å². The number of hydrogen-bond acceptors (Lipinski definition) is 4. The molecule has 1 saturated heterocycles. The Morgan fingerprint density at radius 3 is 1.57 bits per heavy atom. The molecule has 0 atom stereocenters. The number of hydrogen-bond donors (Lipinski definition) is 0. The zero-order chi connectivity index (χ0) is 26.5. The fraction of sp³-hybridized carbons (Fsp3) is 0.429. The van der Waals surface area contributed by atoms with Crippen LogP contribution in [-0.4, -0.2) is 29.5 Å². The Kier molecular flexibility index (Phi) is 13.2. The molecule has 4 rings (SSSR count). The van der Waals surface area contributed by atoms with Crippen molar-refractivity contribution in [3.05, 3.63) is 93.8 Å². The van der Waals surface area contributed by atoms with Crippen molar-refractivity contribution in [2.24, 2.45) is 5.92 Å². The number of benzene rings is 2. The molecule has 4 nitrogen and oxygen atoms in total. The Balaban J connectivity index is 0.000000234. The molecule has 7 heteroatoms. The zero-order valence-corrected chi connectivity index (χ0v) is 22.0. The van der Waals surface area contributed by atoms with Crippen LogP contribution in [-0.2, 0) is 9.47 Å². The highest BCUT2D eigenvalue weighted by Gasteiger charge is 2.13. The average molecular weight is 491 g/mol. The van der Waals surface area contributed by atoms with Crippen LogP contribution in [0.5, 0.6) is 0 Å². The molecule has 2 heterocycles. The lowest BCUT2D eigenvalue weighted by atomic mass is 10.1. The first kappa shape index (κ1) is 30.3. The van der Waals surface area contributed by atoms with E-state index < -0.39 is 11.6 Å². The second-order valence-corrected chi connectivity index (χ2v) is 8.75. The Morgan fingerprint density at radius 2 is 1.17 bits per heavy atom. The average Bonchev–Trinajstić information content (AvgIpc) is 2.80. The van der Waals surface area contributed by atoms with E-state index in [2.05, 4.69) is 16.9 Å². The van der Waals surface area contributed by atoms with Gasteiger partial charge in [-0.3, -0.25) is 0 Å². The van der Waals surface area contributed by atoms with Crippen molar-refractivity contribution in [1.82, 2.24) is 9.97 Å². The molecule has 192 valence electrons. The number of ether oxygens (including phenoxy) is 2. The summed E-state index contributed by atoms with van der Waals surface area (Å²) in [5, 5.41) is 0. The van der Waals surface area contributed by atoms with E-state index in [-0.39, 0.29) is 17.7 Å². The van der Waals surface area contributed by atoms with Gasteiger partial charge >= 0.3 is 0 Å². The third-order valence-electron chi connectivity index (χ3n) is 4.89. The Bertz CT molecular complexity index is 981. The van der Waals surface area contributed by atoms with E-state index in [0.29, 0.717) is 17.0 Å². The van der Waals surface area contributed by atoms with Gasteiger partial charge in [-0.15, -0.1) is 0 Å². The minimum atomic E-state index is -0.475. The van der Waals surface area contributed by atoms with Crippen LogP contribution in [0.4, 0.5) is 13.2 Å². The third kappa shape index (κ3) is 12.5. The van der Waals surface area contributed by atoms with Gasteiger partial charge in [0.05, 0.1) is 13.2 Å². The number of rotatable bonds is 0. The number of aryl methyl sites for hydroxylation is 5. The van der Waals surface area contributed by atoms with E-state index in [0.717, 1.165) is 30.2 Å². The van der Waals surface area contributed by atoms with Gasteiger partial charge in [-0.1, -0.05) is 19.1 Å². The monoisotopic (exact) mass is 490 g/mol. The predicted octanol–water partition coefficient (Wildman–Crippen LogP) is 7.13. The van der Waals surface area contributed by atoms with Crippen LogP contribution in [0.15, 0.2) is 42.7 Å². The summed E-state index contributed by atoms with van der Waals surface area (Å²) in [6, 6.07) is 7.86. The molecule has 35 heavy (non-hydrogen) atoms. The highest BCUT2D eigenvalue weighted by atomic mass is 19.1. The first-order chi connectivity index (χ1) is 16.4. The second-order valence-electron chi connectivity index (χ2n) is 8.75. The van der Waals surface area contributed by atoms with Gasteiger partial charge < -0.3 is 9.47 Å². The molecule has 0 unspecified atom stereocenters. The SMILES string of the molecule is CC1COC(C)OC1.Cc1cc(F)c(C)c(F)c1.Cc1ccc(C)c(F)c1.Cc1cnc(C)nc1. The zero-order valence-electron chi connectivity index (χ0n) is 22.0.